The van der Waals surface area contributed by atoms with E-state index in [0.717, 1.165) is 5.56 Å². The number of aliphatic hydroxyl groups excluding tert-OH is 1. The Morgan fingerprint density at radius 2 is 2.03 bits per heavy atom. The van der Waals surface area contributed by atoms with Gasteiger partial charge in [-0.3, -0.25) is 14.6 Å². The van der Waals surface area contributed by atoms with Crippen LogP contribution in [-0.2, 0) is 14.3 Å². The molecule has 1 aromatic heterocycles. The third-order valence-corrected chi connectivity index (χ3v) is 4.98. The van der Waals surface area contributed by atoms with Crippen LogP contribution in [0.1, 0.15) is 29.2 Å². The molecular weight excluding hydrogens is 372 g/mol. The van der Waals surface area contributed by atoms with E-state index in [0.29, 0.717) is 36.4 Å². The molecule has 2 aromatic rings. The number of benzene rings is 1. The van der Waals surface area contributed by atoms with E-state index in [1.165, 1.54) is 4.90 Å². The summed E-state index contributed by atoms with van der Waals surface area (Å²) < 4.78 is 10.3. The average molecular weight is 396 g/mol. The Morgan fingerprint density at radius 1 is 1.24 bits per heavy atom. The monoisotopic (exact) mass is 396 g/mol. The van der Waals surface area contributed by atoms with E-state index in [1.807, 2.05) is 6.92 Å². The van der Waals surface area contributed by atoms with Gasteiger partial charge in [0.05, 0.1) is 18.7 Å². The molecule has 0 aliphatic carbocycles. The number of methoxy groups -OCH3 is 2. The molecule has 29 heavy (non-hydrogen) atoms. The van der Waals surface area contributed by atoms with Crippen molar-refractivity contribution in [2.45, 2.75) is 19.4 Å². The van der Waals surface area contributed by atoms with Crippen molar-refractivity contribution in [1.82, 2.24) is 9.88 Å². The van der Waals surface area contributed by atoms with Gasteiger partial charge >= 0.3 is 0 Å². The average Bonchev–Trinajstić information content (AvgIpc) is 2.99. The smallest absolute Gasteiger partial charge is 0.295 e. The number of carbonyl (C=O) groups is 2. The molecule has 1 aliphatic rings. The lowest BCUT2D eigenvalue weighted by molar-refractivity contribution is -0.140. The highest BCUT2D eigenvalue weighted by atomic mass is 16.5. The van der Waals surface area contributed by atoms with Gasteiger partial charge in [-0.2, -0.15) is 0 Å². The number of pyridine rings is 1. The van der Waals surface area contributed by atoms with E-state index in [4.69, 9.17) is 9.47 Å². The Hall–Kier alpha value is -3.19. The van der Waals surface area contributed by atoms with Gasteiger partial charge in [0.2, 0.25) is 0 Å². The van der Waals surface area contributed by atoms with Crippen molar-refractivity contribution in [2.75, 3.05) is 27.4 Å². The molecule has 1 amide bonds. The zero-order chi connectivity index (χ0) is 21.0. The van der Waals surface area contributed by atoms with Crippen LogP contribution in [0, 0.1) is 6.92 Å². The van der Waals surface area contributed by atoms with E-state index in [2.05, 4.69) is 4.98 Å². The van der Waals surface area contributed by atoms with Crippen LogP contribution in [0.4, 0.5) is 0 Å². The third-order valence-electron chi connectivity index (χ3n) is 4.98. The van der Waals surface area contributed by atoms with Crippen molar-refractivity contribution in [1.29, 1.82) is 0 Å². The molecule has 1 atom stereocenters. The number of aliphatic hydroxyl groups is 1. The quantitative estimate of drug-likeness (QED) is 0.335. The van der Waals surface area contributed by atoms with Crippen molar-refractivity contribution in [3.8, 4) is 5.75 Å². The molecule has 3 rings (SSSR count). The first-order valence-electron chi connectivity index (χ1n) is 9.31. The lowest BCUT2D eigenvalue weighted by Crippen LogP contribution is -2.31. The maximum absolute atomic E-state index is 12.9. The Labute approximate surface area is 169 Å². The summed E-state index contributed by atoms with van der Waals surface area (Å²) in [5, 5.41) is 11.1. The SMILES string of the molecule is COCCCN1C(=O)C(=O)/C(=C(/O)c2ccc(OC)cc2C)[C@H]1c1cccnc1. The standard InChI is InChI=1S/C22H24N2O5/c1-14-12-16(29-3)7-8-17(14)20(25)18-19(15-6-4-9-23-13-15)24(10-5-11-28-2)22(27)21(18)26/h4,6-9,12-13,19,25H,5,10-11H2,1-3H3/b20-18+/t19-/m1/s1. The molecular formula is C22H24N2O5. The van der Waals surface area contributed by atoms with E-state index >= 15 is 0 Å². The Morgan fingerprint density at radius 3 is 2.66 bits per heavy atom. The van der Waals surface area contributed by atoms with Crippen LogP contribution in [0.25, 0.3) is 5.76 Å². The Bertz CT molecular complexity index is 939. The van der Waals surface area contributed by atoms with E-state index in [-0.39, 0.29) is 11.3 Å². The number of likely N-dealkylation sites (tertiary alicyclic amines) is 1. The fourth-order valence-corrected chi connectivity index (χ4v) is 3.55. The van der Waals surface area contributed by atoms with E-state index in [1.54, 1.807) is 56.9 Å². The first-order valence-corrected chi connectivity index (χ1v) is 9.31. The minimum atomic E-state index is -0.706. The van der Waals surface area contributed by atoms with Gasteiger partial charge in [-0.25, -0.2) is 0 Å². The molecule has 0 radical (unpaired) electrons. The van der Waals surface area contributed by atoms with Gasteiger partial charge in [0.1, 0.15) is 11.5 Å². The molecule has 1 aromatic carbocycles. The second kappa shape index (κ2) is 8.87. The zero-order valence-electron chi connectivity index (χ0n) is 16.7. The zero-order valence-corrected chi connectivity index (χ0v) is 16.7. The van der Waals surface area contributed by atoms with Gasteiger partial charge in [0, 0.05) is 38.2 Å². The lowest BCUT2D eigenvalue weighted by Gasteiger charge is -2.25. The van der Waals surface area contributed by atoms with Gasteiger partial charge < -0.3 is 19.5 Å². The molecule has 1 fully saturated rings. The number of aryl methyl sites for hydroxylation is 1. The summed E-state index contributed by atoms with van der Waals surface area (Å²) in [6.07, 6.45) is 3.80. The molecule has 0 unspecified atom stereocenters. The molecule has 1 saturated heterocycles. The van der Waals surface area contributed by atoms with Crippen molar-refractivity contribution in [3.05, 3.63) is 65.0 Å². The van der Waals surface area contributed by atoms with Crippen LogP contribution >= 0.6 is 0 Å². The second-order valence-electron chi connectivity index (χ2n) is 6.81. The van der Waals surface area contributed by atoms with E-state index < -0.39 is 17.7 Å². The van der Waals surface area contributed by atoms with Crippen molar-refractivity contribution >= 4 is 17.4 Å². The highest BCUT2D eigenvalue weighted by molar-refractivity contribution is 6.46. The highest BCUT2D eigenvalue weighted by Gasteiger charge is 2.46. The maximum Gasteiger partial charge on any atom is 0.295 e. The molecule has 7 nitrogen and oxygen atoms in total. The normalized spacial score (nSPS) is 18.3. The summed E-state index contributed by atoms with van der Waals surface area (Å²) >= 11 is 0. The van der Waals surface area contributed by atoms with Gasteiger partial charge in [-0.1, -0.05) is 6.07 Å². The third kappa shape index (κ3) is 4.00. The topological polar surface area (TPSA) is 89.0 Å². The summed E-state index contributed by atoms with van der Waals surface area (Å²) in [6, 6.07) is 7.98. The first-order chi connectivity index (χ1) is 14.0. The molecule has 1 N–H and O–H groups in total. The largest absolute Gasteiger partial charge is 0.507 e. The summed E-state index contributed by atoms with van der Waals surface area (Å²) in [5.41, 5.74) is 1.94. The molecule has 0 spiro atoms. The van der Waals surface area contributed by atoms with Gasteiger partial charge in [0.25, 0.3) is 11.7 Å². The number of ether oxygens (including phenoxy) is 2. The summed E-state index contributed by atoms with van der Waals surface area (Å²) in [4.78, 5) is 31.3. The van der Waals surface area contributed by atoms with Crippen LogP contribution in [0.15, 0.2) is 48.3 Å². The number of Topliss-reactive ketones (excluding diaryl/α,β-unsaturated/α-hetero) is 1. The van der Waals surface area contributed by atoms with Crippen LogP contribution in [0.5, 0.6) is 5.75 Å². The van der Waals surface area contributed by atoms with Gasteiger partial charge in [-0.05, 0) is 48.7 Å². The van der Waals surface area contributed by atoms with Crippen LogP contribution in [0.2, 0.25) is 0 Å². The Balaban J connectivity index is 2.12. The molecule has 7 heteroatoms. The predicted octanol–water partition coefficient (Wildman–Crippen LogP) is 2.86. The van der Waals surface area contributed by atoms with Crippen LogP contribution in [-0.4, -0.2) is 54.1 Å². The second-order valence-corrected chi connectivity index (χ2v) is 6.81. The fraction of sp³-hybridized carbons (Fsp3) is 0.318. The molecule has 1 aliphatic heterocycles. The van der Waals surface area contributed by atoms with E-state index in [9.17, 15) is 14.7 Å². The number of amides is 1. The molecule has 152 valence electrons. The summed E-state index contributed by atoms with van der Waals surface area (Å²) in [6.45, 7) is 2.60. The lowest BCUT2D eigenvalue weighted by atomic mass is 9.94. The van der Waals surface area contributed by atoms with Gasteiger partial charge in [-0.15, -0.1) is 0 Å². The number of aromatic nitrogens is 1. The summed E-state index contributed by atoms with van der Waals surface area (Å²) in [7, 11) is 3.14. The number of hydrogen-bond acceptors (Lipinski definition) is 6. The van der Waals surface area contributed by atoms with Crippen molar-refractivity contribution < 1.29 is 24.2 Å². The first kappa shape index (κ1) is 20.5. The number of nitrogens with zero attached hydrogens (tertiary/aromatic N) is 2. The van der Waals surface area contributed by atoms with Crippen LogP contribution < -0.4 is 4.74 Å². The minimum absolute atomic E-state index is 0.0636. The maximum atomic E-state index is 12.9. The molecule has 0 bridgehead atoms. The molecule has 0 saturated carbocycles. The number of rotatable bonds is 7. The molecule has 2 heterocycles. The summed E-state index contributed by atoms with van der Waals surface area (Å²) in [5.74, 6) is -0.902. The van der Waals surface area contributed by atoms with Crippen molar-refractivity contribution in [2.24, 2.45) is 0 Å². The fourth-order valence-electron chi connectivity index (χ4n) is 3.55. The number of ketones is 1. The Kier molecular flexibility index (Phi) is 6.29. The number of hydrogen-bond donors (Lipinski definition) is 1. The van der Waals surface area contributed by atoms with Crippen molar-refractivity contribution in [3.63, 3.8) is 0 Å². The predicted molar refractivity (Wildman–Crippen MR) is 107 cm³/mol. The highest BCUT2D eigenvalue weighted by Crippen LogP contribution is 2.39. The van der Waals surface area contributed by atoms with Gasteiger partial charge in [0.15, 0.2) is 0 Å². The minimum Gasteiger partial charge on any atom is -0.507 e. The van der Waals surface area contributed by atoms with Crippen LogP contribution in [0.3, 0.4) is 0 Å². The number of carbonyl (C=O) groups excluding carboxylic acids is 2.